The highest BCUT2D eigenvalue weighted by atomic mass is 35.5. The fourth-order valence-corrected chi connectivity index (χ4v) is 3.83. The van der Waals surface area contributed by atoms with Crippen molar-refractivity contribution in [2.75, 3.05) is 38.3 Å². The van der Waals surface area contributed by atoms with E-state index < -0.39 is 0 Å². The Morgan fingerprint density at radius 1 is 1.17 bits per heavy atom. The molecule has 1 saturated heterocycles. The second-order valence-electron chi connectivity index (χ2n) is 6.95. The molecule has 2 aromatic carbocycles. The molecule has 0 aliphatic carbocycles. The lowest BCUT2D eigenvalue weighted by atomic mass is 10.1. The van der Waals surface area contributed by atoms with Crippen molar-refractivity contribution >= 4 is 17.3 Å². The summed E-state index contributed by atoms with van der Waals surface area (Å²) in [5.41, 5.74) is 4.15. The molecular weight excluding hydrogens is 400 g/mol. The van der Waals surface area contributed by atoms with Gasteiger partial charge in [0, 0.05) is 31.3 Å². The molecule has 1 aromatic heterocycles. The Balaban J connectivity index is 1.55. The monoisotopic (exact) mass is 420 g/mol. The summed E-state index contributed by atoms with van der Waals surface area (Å²) in [5.74, 6) is 1.24. The highest BCUT2D eigenvalue weighted by molar-refractivity contribution is 6.33. The van der Waals surface area contributed by atoms with Gasteiger partial charge >= 0.3 is 0 Å². The van der Waals surface area contributed by atoms with E-state index in [-0.39, 0.29) is 0 Å². The summed E-state index contributed by atoms with van der Waals surface area (Å²) in [4.78, 5) is 11.3. The normalized spacial score (nSPS) is 13.7. The van der Waals surface area contributed by atoms with Crippen molar-refractivity contribution < 1.29 is 9.47 Å². The van der Waals surface area contributed by atoms with Crippen LogP contribution in [-0.4, -0.2) is 43.4 Å². The van der Waals surface area contributed by atoms with Crippen LogP contribution in [0.15, 0.2) is 48.7 Å². The number of anilines is 1. The predicted octanol–water partition coefficient (Wildman–Crippen LogP) is 4.10. The topological polar surface area (TPSA) is 71.3 Å². The maximum atomic E-state index is 9.33. The number of benzene rings is 2. The molecule has 6 nitrogen and oxygen atoms in total. The Labute approximate surface area is 180 Å². The lowest BCUT2D eigenvalue weighted by Crippen LogP contribution is -2.36. The van der Waals surface area contributed by atoms with Gasteiger partial charge in [-0.15, -0.1) is 0 Å². The van der Waals surface area contributed by atoms with Gasteiger partial charge in [0.15, 0.2) is 0 Å². The molecule has 0 atom stereocenters. The fraction of sp³-hybridized carbons (Fsp3) is 0.261. The standard InChI is InChI=1S/C23H21ClN4O2/c1-29-22-5-3-17(14-18(22)15-25)20-6-7-26-23(27-20)13-16-2-4-21(19(24)12-16)28-8-10-30-11-9-28/h2-7,12,14H,8-11,13H2,1H3. The van der Waals surface area contributed by atoms with Gasteiger partial charge < -0.3 is 14.4 Å². The lowest BCUT2D eigenvalue weighted by Gasteiger charge is -2.29. The van der Waals surface area contributed by atoms with Gasteiger partial charge in [0.05, 0.1) is 42.3 Å². The quantitative estimate of drug-likeness (QED) is 0.618. The number of aromatic nitrogens is 2. The van der Waals surface area contributed by atoms with Gasteiger partial charge in [0.25, 0.3) is 0 Å². The summed E-state index contributed by atoms with van der Waals surface area (Å²) >= 11 is 6.55. The van der Waals surface area contributed by atoms with Crippen LogP contribution in [0.3, 0.4) is 0 Å². The molecule has 0 unspecified atom stereocenters. The van der Waals surface area contributed by atoms with Crippen LogP contribution in [0.5, 0.6) is 5.75 Å². The highest BCUT2D eigenvalue weighted by Crippen LogP contribution is 2.29. The molecule has 2 heterocycles. The average Bonchev–Trinajstić information content (AvgIpc) is 2.79. The Morgan fingerprint density at radius 2 is 2.00 bits per heavy atom. The van der Waals surface area contributed by atoms with Crippen LogP contribution in [0.1, 0.15) is 17.0 Å². The van der Waals surface area contributed by atoms with Crippen molar-refractivity contribution in [3.63, 3.8) is 0 Å². The number of methoxy groups -OCH3 is 1. The van der Waals surface area contributed by atoms with Crippen LogP contribution < -0.4 is 9.64 Å². The zero-order chi connectivity index (χ0) is 20.9. The maximum Gasteiger partial charge on any atom is 0.136 e. The van der Waals surface area contributed by atoms with E-state index in [4.69, 9.17) is 21.1 Å². The summed E-state index contributed by atoms with van der Waals surface area (Å²) < 4.78 is 10.6. The van der Waals surface area contributed by atoms with Gasteiger partial charge in [-0.3, -0.25) is 0 Å². The van der Waals surface area contributed by atoms with E-state index in [0.29, 0.717) is 23.6 Å². The molecule has 0 bridgehead atoms. The number of halogens is 1. The minimum absolute atomic E-state index is 0.473. The molecule has 1 aliphatic rings. The minimum atomic E-state index is 0.473. The zero-order valence-corrected chi connectivity index (χ0v) is 17.4. The van der Waals surface area contributed by atoms with E-state index in [1.54, 1.807) is 25.4 Å². The average molecular weight is 421 g/mol. The van der Waals surface area contributed by atoms with Gasteiger partial charge in [-0.25, -0.2) is 9.97 Å². The van der Waals surface area contributed by atoms with E-state index in [1.165, 1.54) is 0 Å². The summed E-state index contributed by atoms with van der Waals surface area (Å²) in [6.07, 6.45) is 2.30. The Morgan fingerprint density at radius 3 is 2.73 bits per heavy atom. The third-order valence-corrected chi connectivity index (χ3v) is 5.35. The van der Waals surface area contributed by atoms with Gasteiger partial charge in [-0.05, 0) is 42.0 Å². The lowest BCUT2D eigenvalue weighted by molar-refractivity contribution is 0.122. The van der Waals surface area contributed by atoms with Gasteiger partial charge in [-0.2, -0.15) is 5.26 Å². The fourth-order valence-electron chi connectivity index (χ4n) is 3.50. The predicted molar refractivity (Wildman–Crippen MR) is 116 cm³/mol. The Kier molecular flexibility index (Phi) is 6.12. The summed E-state index contributed by atoms with van der Waals surface area (Å²) in [6.45, 7) is 3.13. The van der Waals surface area contributed by atoms with Gasteiger partial charge in [0.1, 0.15) is 17.6 Å². The molecule has 1 fully saturated rings. The Bertz CT molecular complexity index is 1090. The van der Waals surface area contributed by atoms with Crippen LogP contribution in [0.25, 0.3) is 11.3 Å². The summed E-state index contributed by atoms with van der Waals surface area (Å²) in [5, 5.41) is 10.0. The number of rotatable bonds is 5. The van der Waals surface area contributed by atoms with Crippen molar-refractivity contribution in [2.24, 2.45) is 0 Å². The first-order valence-electron chi connectivity index (χ1n) is 9.69. The van der Waals surface area contributed by atoms with Gasteiger partial charge in [-0.1, -0.05) is 17.7 Å². The Hall–Kier alpha value is -3.14. The van der Waals surface area contributed by atoms with Crippen molar-refractivity contribution in [1.82, 2.24) is 9.97 Å². The summed E-state index contributed by atoms with van der Waals surface area (Å²) in [6, 6.07) is 15.5. The largest absolute Gasteiger partial charge is 0.495 e. The molecule has 7 heteroatoms. The summed E-state index contributed by atoms with van der Waals surface area (Å²) in [7, 11) is 1.55. The molecule has 3 aromatic rings. The maximum absolute atomic E-state index is 9.33. The van der Waals surface area contributed by atoms with Crippen LogP contribution >= 0.6 is 11.6 Å². The van der Waals surface area contributed by atoms with E-state index in [1.807, 2.05) is 18.2 Å². The number of ether oxygens (including phenoxy) is 2. The molecule has 1 aliphatic heterocycles. The molecule has 0 radical (unpaired) electrons. The van der Waals surface area contributed by atoms with E-state index in [9.17, 15) is 5.26 Å². The molecule has 0 spiro atoms. The number of morpholine rings is 1. The van der Waals surface area contributed by atoms with Crippen molar-refractivity contribution in [3.05, 3.63) is 70.6 Å². The molecule has 152 valence electrons. The number of nitriles is 1. The molecule has 4 rings (SSSR count). The third-order valence-electron chi connectivity index (χ3n) is 5.05. The van der Waals surface area contributed by atoms with E-state index in [2.05, 4.69) is 33.1 Å². The second kappa shape index (κ2) is 9.12. The van der Waals surface area contributed by atoms with Crippen LogP contribution in [-0.2, 0) is 11.2 Å². The van der Waals surface area contributed by atoms with Crippen molar-refractivity contribution in [1.29, 1.82) is 5.26 Å². The molecule has 0 saturated carbocycles. The SMILES string of the molecule is COc1ccc(-c2ccnc(Cc3ccc(N4CCOCC4)c(Cl)c3)n2)cc1C#N. The van der Waals surface area contributed by atoms with Crippen molar-refractivity contribution in [3.8, 4) is 23.1 Å². The molecule has 0 amide bonds. The molecule has 0 N–H and O–H groups in total. The first-order chi connectivity index (χ1) is 14.7. The van der Waals surface area contributed by atoms with Gasteiger partial charge in [0.2, 0.25) is 0 Å². The first kappa shape index (κ1) is 20.1. The van der Waals surface area contributed by atoms with Crippen LogP contribution in [0.2, 0.25) is 5.02 Å². The zero-order valence-electron chi connectivity index (χ0n) is 16.6. The van der Waals surface area contributed by atoms with E-state index >= 15 is 0 Å². The van der Waals surface area contributed by atoms with Crippen LogP contribution in [0, 0.1) is 11.3 Å². The number of hydrogen-bond donors (Lipinski definition) is 0. The van der Waals surface area contributed by atoms with E-state index in [0.717, 1.165) is 53.8 Å². The number of hydrogen-bond acceptors (Lipinski definition) is 6. The smallest absolute Gasteiger partial charge is 0.136 e. The van der Waals surface area contributed by atoms with Crippen LogP contribution in [0.4, 0.5) is 5.69 Å². The molecular formula is C23H21ClN4O2. The van der Waals surface area contributed by atoms with Crippen molar-refractivity contribution in [2.45, 2.75) is 6.42 Å². The minimum Gasteiger partial charge on any atom is -0.495 e. The highest BCUT2D eigenvalue weighted by Gasteiger charge is 2.15. The first-order valence-corrected chi connectivity index (χ1v) is 10.1. The third kappa shape index (κ3) is 4.38. The molecule has 30 heavy (non-hydrogen) atoms. The second-order valence-corrected chi connectivity index (χ2v) is 7.35. The number of nitrogens with zero attached hydrogens (tertiary/aromatic N) is 4.